The second kappa shape index (κ2) is 4.91. The van der Waals surface area contributed by atoms with Crippen molar-refractivity contribution in [2.75, 3.05) is 5.32 Å². The zero-order chi connectivity index (χ0) is 13.2. The van der Waals surface area contributed by atoms with Gasteiger partial charge in [0, 0.05) is 0 Å². The fraction of sp³-hybridized carbons (Fsp3) is 0.364. The summed E-state index contributed by atoms with van der Waals surface area (Å²) >= 11 is 2.92. The minimum absolute atomic E-state index is 0.0417. The molecule has 0 aliphatic rings. The van der Waals surface area contributed by atoms with Crippen LogP contribution in [0.2, 0.25) is 0 Å². The molecule has 6 heteroatoms. The predicted molar refractivity (Wildman–Crippen MR) is 65.6 cm³/mol. The SMILES string of the molecule is CC(C)(C)OC(=O)Nc1ccc(Br)c(F)c1O. The number of carbonyl (C=O) groups excluding carboxylic acids is 1. The van der Waals surface area contributed by atoms with E-state index in [-0.39, 0.29) is 10.2 Å². The van der Waals surface area contributed by atoms with Gasteiger partial charge in [-0.3, -0.25) is 5.32 Å². The molecule has 1 aromatic carbocycles. The molecule has 4 nitrogen and oxygen atoms in total. The average molecular weight is 306 g/mol. The highest BCUT2D eigenvalue weighted by atomic mass is 79.9. The maximum atomic E-state index is 13.3. The van der Waals surface area contributed by atoms with Gasteiger partial charge in [0.05, 0.1) is 10.2 Å². The number of aromatic hydroxyl groups is 1. The molecule has 0 saturated heterocycles. The summed E-state index contributed by atoms with van der Waals surface area (Å²) in [5, 5.41) is 11.7. The van der Waals surface area contributed by atoms with Crippen molar-refractivity contribution in [3.8, 4) is 5.75 Å². The molecule has 0 aromatic heterocycles. The lowest BCUT2D eigenvalue weighted by atomic mass is 10.2. The quantitative estimate of drug-likeness (QED) is 0.779. The van der Waals surface area contributed by atoms with Gasteiger partial charge in [-0.05, 0) is 48.8 Å². The third-order valence-corrected chi connectivity index (χ3v) is 2.32. The van der Waals surface area contributed by atoms with Crippen LogP contribution in [0.3, 0.4) is 0 Å². The Kier molecular flexibility index (Phi) is 3.98. The Morgan fingerprint density at radius 1 is 1.47 bits per heavy atom. The molecular formula is C11H13BrFNO3. The van der Waals surface area contributed by atoms with Crippen LogP contribution in [0.5, 0.6) is 5.75 Å². The van der Waals surface area contributed by atoms with E-state index < -0.39 is 23.3 Å². The molecule has 0 radical (unpaired) electrons. The van der Waals surface area contributed by atoms with Gasteiger partial charge in [-0.25, -0.2) is 9.18 Å². The number of phenols is 1. The fourth-order valence-electron chi connectivity index (χ4n) is 1.05. The van der Waals surface area contributed by atoms with Crippen molar-refractivity contribution in [1.82, 2.24) is 0 Å². The van der Waals surface area contributed by atoms with Crippen molar-refractivity contribution >= 4 is 27.7 Å². The Balaban J connectivity index is 2.83. The topological polar surface area (TPSA) is 58.6 Å². The van der Waals surface area contributed by atoms with Gasteiger partial charge >= 0.3 is 6.09 Å². The van der Waals surface area contributed by atoms with E-state index in [0.29, 0.717) is 0 Å². The lowest BCUT2D eigenvalue weighted by Gasteiger charge is -2.20. The lowest BCUT2D eigenvalue weighted by molar-refractivity contribution is 0.0635. The van der Waals surface area contributed by atoms with Crippen LogP contribution < -0.4 is 5.32 Å². The van der Waals surface area contributed by atoms with Crippen LogP contribution in [0.15, 0.2) is 16.6 Å². The van der Waals surface area contributed by atoms with Crippen molar-refractivity contribution in [2.45, 2.75) is 26.4 Å². The second-order valence-electron chi connectivity index (χ2n) is 4.38. The van der Waals surface area contributed by atoms with Crippen molar-refractivity contribution in [2.24, 2.45) is 0 Å². The van der Waals surface area contributed by atoms with E-state index in [4.69, 9.17) is 4.74 Å². The van der Waals surface area contributed by atoms with Crippen LogP contribution in [0.1, 0.15) is 20.8 Å². The van der Waals surface area contributed by atoms with Gasteiger partial charge in [-0.1, -0.05) is 0 Å². The Morgan fingerprint density at radius 3 is 2.59 bits per heavy atom. The first-order chi connectivity index (χ1) is 7.70. The number of benzene rings is 1. The van der Waals surface area contributed by atoms with Gasteiger partial charge in [0.15, 0.2) is 11.6 Å². The number of halogens is 2. The van der Waals surface area contributed by atoms with Crippen molar-refractivity contribution in [1.29, 1.82) is 0 Å². The molecule has 0 aliphatic carbocycles. The Bertz CT molecular complexity index is 443. The Morgan fingerprint density at radius 2 is 2.06 bits per heavy atom. The smallest absolute Gasteiger partial charge is 0.412 e. The molecule has 94 valence electrons. The fourth-order valence-corrected chi connectivity index (χ4v) is 1.37. The van der Waals surface area contributed by atoms with E-state index in [2.05, 4.69) is 21.2 Å². The molecule has 0 fully saturated rings. The summed E-state index contributed by atoms with van der Waals surface area (Å²) in [5.41, 5.74) is -0.701. The standard InChI is InChI=1S/C11H13BrFNO3/c1-11(2,3)17-10(16)14-7-5-4-6(12)8(13)9(7)15/h4-5,15H,1-3H3,(H,14,16). The largest absolute Gasteiger partial charge is 0.503 e. The third-order valence-electron chi connectivity index (χ3n) is 1.70. The van der Waals surface area contributed by atoms with Crippen molar-refractivity contribution < 1.29 is 19.0 Å². The number of nitrogens with one attached hydrogen (secondary N) is 1. The molecule has 0 unspecified atom stereocenters. The minimum atomic E-state index is -0.835. The molecular weight excluding hydrogens is 293 g/mol. The molecule has 0 atom stereocenters. The molecule has 0 spiro atoms. The number of hydrogen-bond donors (Lipinski definition) is 2. The molecule has 1 amide bonds. The molecule has 0 saturated carbocycles. The minimum Gasteiger partial charge on any atom is -0.503 e. The number of anilines is 1. The van der Waals surface area contributed by atoms with Gasteiger partial charge in [0.25, 0.3) is 0 Å². The third kappa shape index (κ3) is 3.89. The first-order valence-corrected chi connectivity index (χ1v) is 5.67. The molecule has 0 aliphatic heterocycles. The summed E-state index contributed by atoms with van der Waals surface area (Å²) in [7, 11) is 0. The first-order valence-electron chi connectivity index (χ1n) is 4.87. The number of amides is 1. The van der Waals surface area contributed by atoms with Crippen LogP contribution in [-0.2, 0) is 4.74 Å². The molecule has 17 heavy (non-hydrogen) atoms. The monoisotopic (exact) mass is 305 g/mol. The highest BCUT2D eigenvalue weighted by Gasteiger charge is 2.18. The summed E-state index contributed by atoms with van der Waals surface area (Å²) in [6.45, 7) is 5.11. The maximum Gasteiger partial charge on any atom is 0.412 e. The summed E-state index contributed by atoms with van der Waals surface area (Å²) in [5.74, 6) is -1.47. The van der Waals surface area contributed by atoms with Crippen LogP contribution in [-0.4, -0.2) is 16.8 Å². The van der Waals surface area contributed by atoms with Crippen LogP contribution in [0.4, 0.5) is 14.9 Å². The Labute approximate surface area is 107 Å². The Hall–Kier alpha value is -1.30. The zero-order valence-electron chi connectivity index (χ0n) is 9.67. The van der Waals surface area contributed by atoms with Crippen LogP contribution >= 0.6 is 15.9 Å². The molecule has 0 bridgehead atoms. The van der Waals surface area contributed by atoms with E-state index in [9.17, 15) is 14.3 Å². The summed E-state index contributed by atoms with van der Waals surface area (Å²) in [6, 6.07) is 2.74. The van der Waals surface area contributed by atoms with E-state index in [1.54, 1.807) is 20.8 Å². The van der Waals surface area contributed by atoms with E-state index in [1.807, 2.05) is 0 Å². The lowest BCUT2D eigenvalue weighted by Crippen LogP contribution is -2.27. The van der Waals surface area contributed by atoms with Gasteiger partial charge in [0.2, 0.25) is 0 Å². The first kappa shape index (κ1) is 13.8. The molecule has 2 N–H and O–H groups in total. The normalized spacial score (nSPS) is 11.1. The van der Waals surface area contributed by atoms with E-state index in [0.717, 1.165) is 0 Å². The van der Waals surface area contributed by atoms with Crippen molar-refractivity contribution in [3.63, 3.8) is 0 Å². The van der Waals surface area contributed by atoms with E-state index in [1.165, 1.54) is 12.1 Å². The molecule has 1 rings (SSSR count). The highest BCUT2D eigenvalue weighted by molar-refractivity contribution is 9.10. The molecule has 0 heterocycles. The number of rotatable bonds is 1. The average Bonchev–Trinajstić information content (AvgIpc) is 2.16. The predicted octanol–water partition coefficient (Wildman–Crippen LogP) is 3.64. The van der Waals surface area contributed by atoms with Crippen LogP contribution in [0.25, 0.3) is 0 Å². The summed E-state index contributed by atoms with van der Waals surface area (Å²) in [6.07, 6.45) is -0.755. The van der Waals surface area contributed by atoms with Gasteiger partial charge in [0.1, 0.15) is 5.60 Å². The molecule has 1 aromatic rings. The highest BCUT2D eigenvalue weighted by Crippen LogP contribution is 2.31. The zero-order valence-corrected chi connectivity index (χ0v) is 11.3. The summed E-state index contributed by atoms with van der Waals surface area (Å²) < 4.78 is 18.4. The second-order valence-corrected chi connectivity index (χ2v) is 5.24. The van der Waals surface area contributed by atoms with Crippen molar-refractivity contribution in [3.05, 3.63) is 22.4 Å². The number of carbonyl (C=O) groups is 1. The van der Waals surface area contributed by atoms with Gasteiger partial charge in [-0.15, -0.1) is 0 Å². The maximum absolute atomic E-state index is 13.3. The number of hydrogen-bond acceptors (Lipinski definition) is 3. The van der Waals surface area contributed by atoms with Crippen LogP contribution in [0, 0.1) is 5.82 Å². The number of ether oxygens (including phenoxy) is 1. The van der Waals surface area contributed by atoms with E-state index >= 15 is 0 Å². The van der Waals surface area contributed by atoms with Gasteiger partial charge in [-0.2, -0.15) is 0 Å². The van der Waals surface area contributed by atoms with Gasteiger partial charge < -0.3 is 9.84 Å². The number of phenolic OH excluding ortho intramolecular Hbond substituents is 1. The summed E-state index contributed by atoms with van der Waals surface area (Å²) in [4.78, 5) is 11.4.